The van der Waals surface area contributed by atoms with Gasteiger partial charge in [-0.1, -0.05) is 72.0 Å². The summed E-state index contributed by atoms with van der Waals surface area (Å²) in [6, 6.07) is 19.8. The Morgan fingerprint density at radius 3 is 2.26 bits per heavy atom. The van der Waals surface area contributed by atoms with Gasteiger partial charge in [0.2, 0.25) is 11.0 Å². The second kappa shape index (κ2) is 10.6. The number of amides is 3. The van der Waals surface area contributed by atoms with E-state index in [4.69, 9.17) is 0 Å². The molecule has 1 atom stereocenters. The van der Waals surface area contributed by atoms with Gasteiger partial charge in [0.15, 0.2) is 11.6 Å². The Morgan fingerprint density at radius 1 is 0.853 bits per heavy atom. The van der Waals surface area contributed by atoms with Crippen LogP contribution in [0.5, 0.6) is 0 Å². The van der Waals surface area contributed by atoms with E-state index in [1.807, 2.05) is 60.7 Å². The molecule has 0 saturated heterocycles. The molecule has 7 nitrogen and oxygen atoms in total. The molecule has 0 aliphatic rings. The van der Waals surface area contributed by atoms with Crippen molar-refractivity contribution in [3.63, 3.8) is 0 Å². The second-order valence-electron chi connectivity index (χ2n) is 7.24. The predicted octanol–water partition coefficient (Wildman–Crippen LogP) is 4.85. The second-order valence-corrected chi connectivity index (χ2v) is 8.21. The summed E-state index contributed by atoms with van der Waals surface area (Å²) in [6.07, 6.45) is 0.197. The molecule has 0 aliphatic heterocycles. The van der Waals surface area contributed by atoms with Crippen LogP contribution in [0.4, 0.5) is 24.4 Å². The first-order valence-corrected chi connectivity index (χ1v) is 11.1. The standard InChI is InChI=1S/C24H19F2N5O2S/c25-18-12-11-17(14-19(18)26)27-23(33)28-20(13-15-7-3-1-4-8-15)21(32)29-24-31-30-22(34-24)16-9-5-2-6-10-16/h1-12,14,20H,13H2,(H2,27,28,33)(H,29,31,32). The molecule has 1 unspecified atom stereocenters. The molecule has 0 saturated carbocycles. The SMILES string of the molecule is O=C(Nc1ccc(F)c(F)c1)NC(Cc1ccccc1)C(=O)Nc1nnc(-c2ccccc2)s1. The zero-order valence-electron chi connectivity index (χ0n) is 17.7. The Labute approximate surface area is 197 Å². The molecule has 1 heterocycles. The van der Waals surface area contributed by atoms with Crippen LogP contribution in [0.2, 0.25) is 0 Å². The maximum absolute atomic E-state index is 13.5. The van der Waals surface area contributed by atoms with Gasteiger partial charge in [-0.05, 0) is 17.7 Å². The van der Waals surface area contributed by atoms with Crippen LogP contribution in [-0.2, 0) is 11.2 Å². The lowest BCUT2D eigenvalue weighted by molar-refractivity contribution is -0.117. The molecule has 3 N–H and O–H groups in total. The fraction of sp³-hybridized carbons (Fsp3) is 0.0833. The lowest BCUT2D eigenvalue weighted by atomic mass is 10.1. The van der Waals surface area contributed by atoms with Crippen LogP contribution in [-0.4, -0.2) is 28.2 Å². The monoisotopic (exact) mass is 479 g/mol. The van der Waals surface area contributed by atoms with Crippen LogP contribution in [0.1, 0.15) is 5.56 Å². The summed E-state index contributed by atoms with van der Waals surface area (Å²) in [5.41, 5.74) is 1.73. The van der Waals surface area contributed by atoms with Crippen LogP contribution in [0.3, 0.4) is 0 Å². The van der Waals surface area contributed by atoms with Crippen molar-refractivity contribution in [1.29, 1.82) is 0 Å². The lowest BCUT2D eigenvalue weighted by Gasteiger charge is -2.18. The van der Waals surface area contributed by atoms with Crippen molar-refractivity contribution in [3.8, 4) is 10.6 Å². The van der Waals surface area contributed by atoms with Crippen LogP contribution in [0.15, 0.2) is 78.9 Å². The molecule has 1 aromatic heterocycles. The fourth-order valence-electron chi connectivity index (χ4n) is 3.12. The Kier molecular flexibility index (Phi) is 7.19. The highest BCUT2D eigenvalue weighted by atomic mass is 32.1. The number of nitrogens with zero attached hydrogens (tertiary/aromatic N) is 2. The third-order valence-electron chi connectivity index (χ3n) is 4.76. The maximum atomic E-state index is 13.5. The number of urea groups is 1. The average Bonchev–Trinajstić information content (AvgIpc) is 3.31. The highest BCUT2D eigenvalue weighted by Crippen LogP contribution is 2.26. The van der Waals surface area contributed by atoms with Crippen LogP contribution in [0, 0.1) is 11.6 Å². The molecule has 3 amide bonds. The van der Waals surface area contributed by atoms with Gasteiger partial charge in [0.1, 0.15) is 11.0 Å². The Hall–Kier alpha value is -4.18. The van der Waals surface area contributed by atoms with E-state index in [-0.39, 0.29) is 17.2 Å². The summed E-state index contributed by atoms with van der Waals surface area (Å²) >= 11 is 1.20. The summed E-state index contributed by atoms with van der Waals surface area (Å²) in [7, 11) is 0. The van der Waals surface area contributed by atoms with Crippen LogP contribution in [0.25, 0.3) is 10.6 Å². The van der Waals surface area contributed by atoms with E-state index >= 15 is 0 Å². The number of carbonyl (C=O) groups excluding carboxylic acids is 2. The molecule has 34 heavy (non-hydrogen) atoms. The van der Waals surface area contributed by atoms with Crippen molar-refractivity contribution >= 4 is 34.1 Å². The van der Waals surface area contributed by atoms with Gasteiger partial charge < -0.3 is 10.6 Å². The number of hydrogen-bond acceptors (Lipinski definition) is 5. The smallest absolute Gasteiger partial charge is 0.319 e. The van der Waals surface area contributed by atoms with Gasteiger partial charge in [-0.2, -0.15) is 0 Å². The van der Waals surface area contributed by atoms with Crippen LogP contribution < -0.4 is 16.0 Å². The number of aromatic nitrogens is 2. The number of halogens is 2. The number of carbonyl (C=O) groups is 2. The Morgan fingerprint density at radius 2 is 1.56 bits per heavy atom. The number of hydrogen-bond donors (Lipinski definition) is 3. The minimum absolute atomic E-state index is 0.0481. The number of anilines is 2. The van der Waals surface area contributed by atoms with E-state index in [2.05, 4.69) is 26.1 Å². The van der Waals surface area contributed by atoms with E-state index < -0.39 is 29.6 Å². The first-order valence-electron chi connectivity index (χ1n) is 10.2. The van der Waals surface area contributed by atoms with Crippen molar-refractivity contribution in [2.75, 3.05) is 10.6 Å². The molecule has 0 bridgehead atoms. The summed E-state index contributed by atoms with van der Waals surface area (Å²) in [5.74, 6) is -2.62. The molecule has 4 aromatic rings. The molecule has 0 aliphatic carbocycles. The summed E-state index contributed by atoms with van der Waals surface area (Å²) in [6.45, 7) is 0. The fourth-order valence-corrected chi connectivity index (χ4v) is 3.87. The molecular weight excluding hydrogens is 460 g/mol. The number of rotatable bonds is 7. The van der Waals surface area contributed by atoms with Crippen molar-refractivity contribution in [2.24, 2.45) is 0 Å². The van der Waals surface area contributed by atoms with E-state index in [0.717, 1.165) is 23.3 Å². The quantitative estimate of drug-likeness (QED) is 0.353. The first-order chi connectivity index (χ1) is 16.5. The first kappa shape index (κ1) is 23.0. The topological polar surface area (TPSA) is 96.0 Å². The average molecular weight is 480 g/mol. The van der Waals surface area contributed by atoms with Crippen molar-refractivity contribution in [3.05, 3.63) is 96.1 Å². The summed E-state index contributed by atoms with van der Waals surface area (Å²) in [4.78, 5) is 25.5. The van der Waals surface area contributed by atoms with Gasteiger partial charge >= 0.3 is 6.03 Å². The van der Waals surface area contributed by atoms with E-state index in [1.54, 1.807) is 0 Å². The van der Waals surface area contributed by atoms with Gasteiger partial charge in [0.05, 0.1) is 0 Å². The largest absolute Gasteiger partial charge is 0.326 e. The summed E-state index contributed by atoms with van der Waals surface area (Å²) in [5, 5.41) is 16.7. The molecule has 0 radical (unpaired) electrons. The third kappa shape index (κ3) is 5.99. The molecule has 0 fully saturated rings. The van der Waals surface area contributed by atoms with Gasteiger partial charge in [-0.3, -0.25) is 10.1 Å². The van der Waals surface area contributed by atoms with Crippen molar-refractivity contribution in [2.45, 2.75) is 12.5 Å². The maximum Gasteiger partial charge on any atom is 0.319 e. The zero-order valence-corrected chi connectivity index (χ0v) is 18.5. The van der Waals surface area contributed by atoms with Crippen LogP contribution >= 0.6 is 11.3 Å². The number of nitrogens with one attached hydrogen (secondary N) is 3. The molecule has 3 aromatic carbocycles. The molecule has 10 heteroatoms. The summed E-state index contributed by atoms with van der Waals surface area (Å²) < 4.78 is 26.6. The minimum Gasteiger partial charge on any atom is -0.326 e. The highest BCUT2D eigenvalue weighted by molar-refractivity contribution is 7.18. The van der Waals surface area contributed by atoms with E-state index in [9.17, 15) is 18.4 Å². The molecule has 4 rings (SSSR count). The van der Waals surface area contributed by atoms with E-state index in [0.29, 0.717) is 5.01 Å². The van der Waals surface area contributed by atoms with Gasteiger partial charge in [0.25, 0.3) is 0 Å². The van der Waals surface area contributed by atoms with Crippen molar-refractivity contribution in [1.82, 2.24) is 15.5 Å². The minimum atomic E-state index is -1.10. The van der Waals surface area contributed by atoms with Gasteiger partial charge in [0, 0.05) is 23.7 Å². The molecule has 172 valence electrons. The lowest BCUT2D eigenvalue weighted by Crippen LogP contribution is -2.46. The van der Waals surface area contributed by atoms with E-state index in [1.165, 1.54) is 17.4 Å². The van der Waals surface area contributed by atoms with Crippen molar-refractivity contribution < 1.29 is 18.4 Å². The number of benzene rings is 3. The Balaban J connectivity index is 1.47. The van der Waals surface area contributed by atoms with Gasteiger partial charge in [-0.25, -0.2) is 13.6 Å². The Bertz CT molecular complexity index is 1290. The zero-order chi connectivity index (χ0) is 23.9. The molecule has 0 spiro atoms. The predicted molar refractivity (Wildman–Crippen MR) is 126 cm³/mol. The van der Waals surface area contributed by atoms with Gasteiger partial charge in [-0.15, -0.1) is 10.2 Å². The third-order valence-corrected chi connectivity index (χ3v) is 5.65. The normalized spacial score (nSPS) is 11.5. The highest BCUT2D eigenvalue weighted by Gasteiger charge is 2.23. The molecular formula is C24H19F2N5O2S.